The predicted octanol–water partition coefficient (Wildman–Crippen LogP) is -0.548. The zero-order valence-corrected chi connectivity index (χ0v) is 9.08. The number of methoxy groups -OCH3 is 1. The third kappa shape index (κ3) is 4.32. The first-order valence-corrected chi connectivity index (χ1v) is 5.27. The molecule has 0 saturated carbocycles. The highest BCUT2D eigenvalue weighted by molar-refractivity contribution is 7.99. The summed E-state index contributed by atoms with van der Waals surface area (Å²) in [6.45, 7) is 0.250. The number of aromatic nitrogens is 2. The Kier molecular flexibility index (Phi) is 4.60. The van der Waals surface area contributed by atoms with Crippen molar-refractivity contribution in [3.05, 3.63) is 16.4 Å². The minimum absolute atomic E-state index is 0.169. The van der Waals surface area contributed by atoms with Crippen LogP contribution in [-0.2, 0) is 4.74 Å². The van der Waals surface area contributed by atoms with Crippen molar-refractivity contribution in [2.24, 2.45) is 0 Å². The fourth-order valence-corrected chi connectivity index (χ4v) is 1.73. The Hall–Kier alpha value is -1.05. The number of rotatable bonds is 5. The van der Waals surface area contributed by atoms with Crippen molar-refractivity contribution < 1.29 is 9.84 Å². The molecule has 0 amide bonds. The molecular weight excluding hydrogens is 218 g/mol. The number of thioether (sulfide) groups is 1. The zero-order valence-electron chi connectivity index (χ0n) is 8.27. The highest BCUT2D eigenvalue weighted by Gasteiger charge is 2.06. The second-order valence-electron chi connectivity index (χ2n) is 2.90. The van der Waals surface area contributed by atoms with Gasteiger partial charge in [-0.15, -0.1) is 0 Å². The number of anilines is 1. The van der Waals surface area contributed by atoms with Gasteiger partial charge < -0.3 is 20.6 Å². The monoisotopic (exact) mass is 231 g/mol. The maximum Gasteiger partial charge on any atom is 0.253 e. The average Bonchev–Trinajstić information content (AvgIpc) is 2.14. The van der Waals surface area contributed by atoms with Gasteiger partial charge in [0, 0.05) is 18.9 Å². The van der Waals surface area contributed by atoms with Crippen LogP contribution in [0, 0.1) is 0 Å². The standard InChI is InChI=1S/C8H13N3O3S/c1-14-3-5(12)4-15-8-10-6(9)2-7(13)11-8/h2,5,12H,3-4H2,1H3,(H3,9,10,11,13). The number of nitrogen functional groups attached to an aromatic ring is 1. The molecule has 1 unspecified atom stereocenters. The van der Waals surface area contributed by atoms with Crippen LogP contribution >= 0.6 is 11.8 Å². The molecule has 4 N–H and O–H groups in total. The van der Waals surface area contributed by atoms with Crippen LogP contribution < -0.4 is 11.3 Å². The molecule has 0 bridgehead atoms. The molecule has 0 spiro atoms. The van der Waals surface area contributed by atoms with E-state index in [2.05, 4.69) is 9.97 Å². The molecule has 0 aliphatic carbocycles. The SMILES string of the molecule is COCC(O)CSc1nc(N)cc(=O)[nH]1. The van der Waals surface area contributed by atoms with Crippen LogP contribution in [0.1, 0.15) is 0 Å². The summed E-state index contributed by atoms with van der Waals surface area (Å²) in [6.07, 6.45) is -0.591. The van der Waals surface area contributed by atoms with Gasteiger partial charge in [-0.1, -0.05) is 11.8 Å². The van der Waals surface area contributed by atoms with Crippen LogP contribution in [0.3, 0.4) is 0 Å². The van der Waals surface area contributed by atoms with Crippen molar-refractivity contribution >= 4 is 17.6 Å². The minimum Gasteiger partial charge on any atom is -0.390 e. The Morgan fingerprint density at radius 3 is 3.13 bits per heavy atom. The second-order valence-corrected chi connectivity index (χ2v) is 3.90. The average molecular weight is 231 g/mol. The van der Waals surface area contributed by atoms with Gasteiger partial charge in [0.05, 0.1) is 12.7 Å². The van der Waals surface area contributed by atoms with E-state index < -0.39 is 6.10 Å². The summed E-state index contributed by atoms with van der Waals surface area (Å²) in [7, 11) is 1.51. The second kappa shape index (κ2) is 5.74. The van der Waals surface area contributed by atoms with Gasteiger partial charge in [0.2, 0.25) is 0 Å². The first-order valence-electron chi connectivity index (χ1n) is 4.28. The smallest absolute Gasteiger partial charge is 0.253 e. The van der Waals surface area contributed by atoms with Crippen LogP contribution in [0.25, 0.3) is 0 Å². The van der Waals surface area contributed by atoms with Gasteiger partial charge in [0.15, 0.2) is 5.16 Å². The largest absolute Gasteiger partial charge is 0.390 e. The molecule has 0 aliphatic rings. The molecular formula is C8H13N3O3S. The Labute approximate surface area is 90.9 Å². The Balaban J connectivity index is 2.54. The summed E-state index contributed by atoms with van der Waals surface area (Å²) >= 11 is 1.22. The summed E-state index contributed by atoms with van der Waals surface area (Å²) in [6, 6.07) is 1.20. The molecule has 0 radical (unpaired) electrons. The predicted molar refractivity (Wildman–Crippen MR) is 57.9 cm³/mol. The molecule has 84 valence electrons. The maximum absolute atomic E-state index is 11.0. The minimum atomic E-state index is -0.591. The molecule has 1 aromatic rings. The van der Waals surface area contributed by atoms with Gasteiger partial charge in [0.25, 0.3) is 5.56 Å². The van der Waals surface area contributed by atoms with Gasteiger partial charge in [-0.05, 0) is 0 Å². The quantitative estimate of drug-likeness (QED) is 0.464. The number of H-pyrrole nitrogens is 1. The van der Waals surface area contributed by atoms with Crippen molar-refractivity contribution in [1.29, 1.82) is 0 Å². The van der Waals surface area contributed by atoms with Gasteiger partial charge in [-0.2, -0.15) is 0 Å². The van der Waals surface area contributed by atoms with Crippen molar-refractivity contribution in [3.63, 3.8) is 0 Å². The number of nitrogens with two attached hydrogens (primary N) is 1. The molecule has 0 fully saturated rings. The first kappa shape index (κ1) is 12.0. The van der Waals surface area contributed by atoms with E-state index in [0.29, 0.717) is 10.9 Å². The summed E-state index contributed by atoms with van der Waals surface area (Å²) in [4.78, 5) is 17.4. The number of hydrogen-bond acceptors (Lipinski definition) is 6. The van der Waals surface area contributed by atoms with Crippen LogP contribution in [0.5, 0.6) is 0 Å². The van der Waals surface area contributed by atoms with E-state index in [1.807, 2.05) is 0 Å². The third-order valence-electron chi connectivity index (χ3n) is 1.51. The number of hydrogen-bond donors (Lipinski definition) is 3. The van der Waals surface area contributed by atoms with E-state index in [1.54, 1.807) is 0 Å². The fourth-order valence-electron chi connectivity index (χ4n) is 0.937. The Bertz CT molecular complexity index is 368. The zero-order chi connectivity index (χ0) is 11.3. The van der Waals surface area contributed by atoms with Crippen molar-refractivity contribution in [3.8, 4) is 0 Å². The molecule has 15 heavy (non-hydrogen) atoms. The molecule has 1 heterocycles. The van der Waals surface area contributed by atoms with Crippen molar-refractivity contribution in [1.82, 2.24) is 9.97 Å². The van der Waals surface area contributed by atoms with Gasteiger partial charge >= 0.3 is 0 Å². The number of aromatic amines is 1. The first-order chi connectivity index (χ1) is 7.11. The summed E-state index contributed by atoms with van der Waals surface area (Å²) in [5, 5.41) is 9.75. The fraction of sp³-hybridized carbons (Fsp3) is 0.500. The van der Waals surface area contributed by atoms with E-state index in [1.165, 1.54) is 24.9 Å². The lowest BCUT2D eigenvalue weighted by Crippen LogP contribution is -2.17. The molecule has 1 aromatic heterocycles. The number of aliphatic hydroxyl groups excluding tert-OH is 1. The molecule has 0 aliphatic heterocycles. The lowest BCUT2D eigenvalue weighted by Gasteiger charge is -2.07. The van der Waals surface area contributed by atoms with Crippen molar-refractivity contribution in [2.45, 2.75) is 11.3 Å². The summed E-state index contributed by atoms with van der Waals surface area (Å²) in [5.74, 6) is 0.558. The molecule has 6 nitrogen and oxygen atoms in total. The van der Waals surface area contributed by atoms with Gasteiger partial charge in [-0.3, -0.25) is 4.79 Å². The highest BCUT2D eigenvalue weighted by Crippen LogP contribution is 2.13. The van der Waals surface area contributed by atoms with Crippen LogP contribution in [0.2, 0.25) is 0 Å². The van der Waals surface area contributed by atoms with Crippen molar-refractivity contribution in [2.75, 3.05) is 25.2 Å². The molecule has 7 heteroatoms. The van der Waals surface area contributed by atoms with Gasteiger partial charge in [-0.25, -0.2) is 4.98 Å². The third-order valence-corrected chi connectivity index (χ3v) is 2.53. The molecule has 1 rings (SSSR count). The van der Waals surface area contributed by atoms with Gasteiger partial charge in [0.1, 0.15) is 5.82 Å². The molecule has 1 atom stereocenters. The lowest BCUT2D eigenvalue weighted by molar-refractivity contribution is 0.0793. The number of aliphatic hydroxyl groups is 1. The van der Waals surface area contributed by atoms with Crippen LogP contribution in [0.15, 0.2) is 16.0 Å². The normalized spacial score (nSPS) is 12.7. The summed E-state index contributed by atoms with van der Waals surface area (Å²) < 4.78 is 4.76. The molecule has 0 saturated heterocycles. The van der Waals surface area contributed by atoms with Crippen LogP contribution in [-0.4, -0.2) is 40.6 Å². The highest BCUT2D eigenvalue weighted by atomic mass is 32.2. The summed E-state index contributed by atoms with van der Waals surface area (Å²) in [5.41, 5.74) is 5.09. The van der Waals surface area contributed by atoms with E-state index in [0.717, 1.165) is 0 Å². The lowest BCUT2D eigenvalue weighted by atomic mass is 10.4. The molecule has 0 aromatic carbocycles. The van der Waals surface area contributed by atoms with E-state index in [9.17, 15) is 9.90 Å². The Morgan fingerprint density at radius 2 is 2.53 bits per heavy atom. The maximum atomic E-state index is 11.0. The number of ether oxygens (including phenoxy) is 1. The van der Waals surface area contributed by atoms with E-state index in [4.69, 9.17) is 10.5 Å². The van der Waals surface area contributed by atoms with E-state index >= 15 is 0 Å². The van der Waals surface area contributed by atoms with Crippen LogP contribution in [0.4, 0.5) is 5.82 Å². The topological polar surface area (TPSA) is 101 Å². The number of nitrogens with one attached hydrogen (secondary N) is 1. The number of nitrogens with zero attached hydrogens (tertiary/aromatic N) is 1. The van der Waals surface area contributed by atoms with E-state index in [-0.39, 0.29) is 18.0 Å². The Morgan fingerprint density at radius 1 is 1.80 bits per heavy atom.